The zero-order chi connectivity index (χ0) is 13.0. The van der Waals surface area contributed by atoms with E-state index in [1.54, 1.807) is 6.07 Å². The van der Waals surface area contributed by atoms with Crippen LogP contribution >= 0.6 is 24.0 Å². The predicted octanol–water partition coefficient (Wildman–Crippen LogP) is 2.57. The number of rotatable bonds is 4. The lowest BCUT2D eigenvalue weighted by molar-refractivity contribution is 0.143. The quantitative estimate of drug-likeness (QED) is 0.925. The highest BCUT2D eigenvalue weighted by Gasteiger charge is 2.17. The summed E-state index contributed by atoms with van der Waals surface area (Å²) in [7, 11) is 0. The van der Waals surface area contributed by atoms with Crippen LogP contribution in [0.4, 0.5) is 4.39 Å². The van der Waals surface area contributed by atoms with Crippen molar-refractivity contribution >= 4 is 24.0 Å². The molecule has 1 aromatic rings. The van der Waals surface area contributed by atoms with Gasteiger partial charge in [0.25, 0.3) is 0 Å². The zero-order valence-electron chi connectivity index (χ0n) is 10.9. The Morgan fingerprint density at radius 2 is 2.32 bits per heavy atom. The summed E-state index contributed by atoms with van der Waals surface area (Å²) in [6, 6.07) is 4.71. The molecule has 1 heterocycles. The van der Waals surface area contributed by atoms with Crippen LogP contribution in [0.1, 0.15) is 6.92 Å². The van der Waals surface area contributed by atoms with Gasteiger partial charge in [-0.05, 0) is 25.1 Å². The zero-order valence-corrected chi connectivity index (χ0v) is 12.4. The molecule has 3 nitrogen and oxygen atoms in total. The summed E-state index contributed by atoms with van der Waals surface area (Å²) in [5, 5.41) is 3.67. The van der Waals surface area contributed by atoms with Crippen LogP contribution < -0.4 is 10.1 Å². The SMILES string of the molecule is C[C@H]1CNCCN1CCOc1ccc(F)cc1Cl.Cl. The fourth-order valence-electron chi connectivity index (χ4n) is 2.08. The number of ether oxygens (including phenoxy) is 1. The number of benzene rings is 1. The third-order valence-corrected chi connectivity index (χ3v) is 3.46. The monoisotopic (exact) mass is 308 g/mol. The molecule has 0 aromatic heterocycles. The van der Waals surface area contributed by atoms with E-state index in [0.29, 0.717) is 23.4 Å². The molecule has 108 valence electrons. The van der Waals surface area contributed by atoms with Gasteiger partial charge in [-0.25, -0.2) is 4.39 Å². The molecule has 6 heteroatoms. The van der Waals surface area contributed by atoms with Crippen molar-refractivity contribution in [1.82, 2.24) is 10.2 Å². The third kappa shape index (κ3) is 4.80. The fourth-order valence-corrected chi connectivity index (χ4v) is 2.30. The maximum absolute atomic E-state index is 12.9. The molecule has 0 unspecified atom stereocenters. The molecule has 0 amide bonds. The number of halogens is 3. The Morgan fingerprint density at radius 1 is 1.53 bits per heavy atom. The van der Waals surface area contributed by atoms with Gasteiger partial charge in [-0.3, -0.25) is 4.90 Å². The van der Waals surface area contributed by atoms with Gasteiger partial charge in [0.15, 0.2) is 0 Å². The predicted molar refractivity (Wildman–Crippen MR) is 78.1 cm³/mol. The first-order chi connectivity index (χ1) is 8.66. The Hall–Kier alpha value is -0.550. The Kier molecular flexibility index (Phi) is 6.86. The highest BCUT2D eigenvalue weighted by molar-refractivity contribution is 6.32. The molecule has 1 fully saturated rings. The molecule has 19 heavy (non-hydrogen) atoms. The van der Waals surface area contributed by atoms with E-state index in [1.165, 1.54) is 12.1 Å². The maximum atomic E-state index is 12.9. The number of nitrogens with one attached hydrogen (secondary N) is 1. The third-order valence-electron chi connectivity index (χ3n) is 3.17. The number of hydrogen-bond acceptors (Lipinski definition) is 3. The van der Waals surface area contributed by atoms with Gasteiger partial charge in [0, 0.05) is 32.2 Å². The first kappa shape index (κ1) is 16.5. The van der Waals surface area contributed by atoms with Gasteiger partial charge < -0.3 is 10.1 Å². The van der Waals surface area contributed by atoms with Crippen molar-refractivity contribution in [2.45, 2.75) is 13.0 Å². The molecule has 1 atom stereocenters. The lowest BCUT2D eigenvalue weighted by Crippen LogP contribution is -2.50. The first-order valence-corrected chi connectivity index (χ1v) is 6.57. The molecule has 2 rings (SSSR count). The van der Waals surface area contributed by atoms with E-state index in [4.69, 9.17) is 16.3 Å². The van der Waals surface area contributed by atoms with Crippen LogP contribution in [0.3, 0.4) is 0 Å². The summed E-state index contributed by atoms with van der Waals surface area (Å²) in [6.07, 6.45) is 0. The molecule has 1 N–H and O–H groups in total. The minimum absolute atomic E-state index is 0. The smallest absolute Gasteiger partial charge is 0.138 e. The van der Waals surface area contributed by atoms with Crippen LogP contribution in [0, 0.1) is 5.82 Å². The highest BCUT2D eigenvalue weighted by Crippen LogP contribution is 2.24. The van der Waals surface area contributed by atoms with Gasteiger partial charge in [0.2, 0.25) is 0 Å². The van der Waals surface area contributed by atoms with Crippen LogP contribution in [-0.4, -0.2) is 43.7 Å². The van der Waals surface area contributed by atoms with Crippen LogP contribution in [0.15, 0.2) is 18.2 Å². The standard InChI is InChI=1S/C13H18ClFN2O.ClH/c1-10-9-16-4-5-17(10)6-7-18-13-3-2-11(15)8-12(13)14;/h2-3,8,10,16H,4-7,9H2,1H3;1H/t10-;/m0./s1. The van der Waals surface area contributed by atoms with Gasteiger partial charge in [-0.1, -0.05) is 11.6 Å². The molecule has 0 bridgehead atoms. The Labute approximate surface area is 124 Å². The van der Waals surface area contributed by atoms with E-state index >= 15 is 0 Å². The van der Waals surface area contributed by atoms with E-state index in [9.17, 15) is 4.39 Å². The second kappa shape index (κ2) is 7.90. The maximum Gasteiger partial charge on any atom is 0.138 e. The number of nitrogens with zero attached hydrogens (tertiary/aromatic N) is 1. The van der Waals surface area contributed by atoms with Crippen molar-refractivity contribution in [3.05, 3.63) is 29.0 Å². The molecule has 1 aromatic carbocycles. The van der Waals surface area contributed by atoms with Crippen LogP contribution in [0.25, 0.3) is 0 Å². The van der Waals surface area contributed by atoms with E-state index < -0.39 is 0 Å². The summed E-state index contributed by atoms with van der Waals surface area (Å²) >= 11 is 5.89. The van der Waals surface area contributed by atoms with Crippen molar-refractivity contribution in [2.24, 2.45) is 0 Å². The van der Waals surface area contributed by atoms with Crippen LogP contribution in [0.2, 0.25) is 5.02 Å². The van der Waals surface area contributed by atoms with E-state index in [2.05, 4.69) is 17.1 Å². The van der Waals surface area contributed by atoms with Crippen molar-refractivity contribution in [3.8, 4) is 5.75 Å². The van der Waals surface area contributed by atoms with Crippen molar-refractivity contribution in [2.75, 3.05) is 32.8 Å². The summed E-state index contributed by atoms with van der Waals surface area (Å²) < 4.78 is 18.4. The highest BCUT2D eigenvalue weighted by atomic mass is 35.5. The molecular weight excluding hydrogens is 290 g/mol. The number of piperazine rings is 1. The number of hydrogen-bond donors (Lipinski definition) is 1. The Morgan fingerprint density at radius 3 is 3.00 bits per heavy atom. The fraction of sp³-hybridized carbons (Fsp3) is 0.538. The van der Waals surface area contributed by atoms with Gasteiger partial charge in [-0.15, -0.1) is 12.4 Å². The van der Waals surface area contributed by atoms with Crippen LogP contribution in [0.5, 0.6) is 5.75 Å². The van der Waals surface area contributed by atoms with Gasteiger partial charge in [0.1, 0.15) is 18.2 Å². The topological polar surface area (TPSA) is 24.5 Å². The Balaban J connectivity index is 0.00000180. The summed E-state index contributed by atoms with van der Waals surface area (Å²) in [5.41, 5.74) is 0. The summed E-state index contributed by atoms with van der Waals surface area (Å²) in [6.45, 7) is 6.67. The lowest BCUT2D eigenvalue weighted by Gasteiger charge is -2.33. The molecule has 0 radical (unpaired) electrons. The van der Waals surface area contributed by atoms with E-state index in [1.807, 2.05) is 0 Å². The van der Waals surface area contributed by atoms with Crippen LogP contribution in [-0.2, 0) is 0 Å². The van der Waals surface area contributed by atoms with Crippen molar-refractivity contribution in [1.29, 1.82) is 0 Å². The lowest BCUT2D eigenvalue weighted by atomic mass is 10.2. The van der Waals surface area contributed by atoms with Crippen molar-refractivity contribution in [3.63, 3.8) is 0 Å². The summed E-state index contributed by atoms with van der Waals surface area (Å²) in [4.78, 5) is 2.37. The van der Waals surface area contributed by atoms with E-state index in [0.717, 1.165) is 26.2 Å². The molecule has 0 spiro atoms. The first-order valence-electron chi connectivity index (χ1n) is 6.19. The molecule has 1 aliphatic heterocycles. The molecule has 1 saturated heterocycles. The minimum atomic E-state index is -0.344. The van der Waals surface area contributed by atoms with Gasteiger partial charge in [0.05, 0.1) is 5.02 Å². The second-order valence-electron chi connectivity index (χ2n) is 4.51. The molecule has 1 aliphatic rings. The van der Waals surface area contributed by atoms with Gasteiger partial charge in [-0.2, -0.15) is 0 Å². The van der Waals surface area contributed by atoms with Gasteiger partial charge >= 0.3 is 0 Å². The summed E-state index contributed by atoms with van der Waals surface area (Å²) in [5.74, 6) is 0.198. The average molecular weight is 309 g/mol. The Bertz CT molecular complexity index is 406. The molecule has 0 saturated carbocycles. The largest absolute Gasteiger partial charge is 0.491 e. The average Bonchev–Trinajstić information content (AvgIpc) is 2.34. The molecule has 0 aliphatic carbocycles. The minimum Gasteiger partial charge on any atom is -0.491 e. The normalized spacial score (nSPS) is 19.8. The molecular formula is C13H19Cl2FN2O. The van der Waals surface area contributed by atoms with E-state index in [-0.39, 0.29) is 18.2 Å². The van der Waals surface area contributed by atoms with Crippen molar-refractivity contribution < 1.29 is 9.13 Å². The second-order valence-corrected chi connectivity index (χ2v) is 4.92.